The molecule has 1 aromatic heterocycles. The Labute approximate surface area is 199 Å². The second-order valence-electron chi connectivity index (χ2n) is 9.37. The van der Waals surface area contributed by atoms with Gasteiger partial charge in [0, 0.05) is 16.8 Å². The summed E-state index contributed by atoms with van der Waals surface area (Å²) in [7, 11) is 1.59. The molecule has 1 atom stereocenters. The van der Waals surface area contributed by atoms with Gasteiger partial charge in [0.25, 0.3) is 11.7 Å². The second-order valence-corrected chi connectivity index (χ2v) is 9.37. The number of anilines is 1. The Morgan fingerprint density at radius 2 is 1.79 bits per heavy atom. The van der Waals surface area contributed by atoms with Crippen LogP contribution in [-0.2, 0) is 21.4 Å². The van der Waals surface area contributed by atoms with Crippen molar-refractivity contribution in [1.82, 2.24) is 0 Å². The van der Waals surface area contributed by atoms with Gasteiger partial charge in [0.2, 0.25) is 0 Å². The van der Waals surface area contributed by atoms with Crippen molar-refractivity contribution >= 4 is 23.1 Å². The minimum Gasteiger partial charge on any atom is -0.507 e. The Morgan fingerprint density at radius 3 is 2.35 bits per heavy atom. The van der Waals surface area contributed by atoms with Gasteiger partial charge in [-0.15, -0.1) is 0 Å². The summed E-state index contributed by atoms with van der Waals surface area (Å²) in [6, 6.07) is 15.2. The summed E-state index contributed by atoms with van der Waals surface area (Å²) < 4.78 is 11.1. The summed E-state index contributed by atoms with van der Waals surface area (Å²) in [5.41, 5.74) is 2.70. The van der Waals surface area contributed by atoms with E-state index in [1.807, 2.05) is 52.0 Å². The largest absolute Gasteiger partial charge is 0.507 e. The number of aryl methyl sites for hydroxylation is 1. The topological polar surface area (TPSA) is 80.0 Å². The number of Topliss-reactive ketones (excluding diaryl/α,β-unsaturated/α-hetero) is 1. The average molecular weight is 460 g/mol. The van der Waals surface area contributed by atoms with Crippen LogP contribution in [0.15, 0.2) is 70.9 Å². The zero-order valence-corrected chi connectivity index (χ0v) is 20.1. The van der Waals surface area contributed by atoms with Crippen molar-refractivity contribution in [3.63, 3.8) is 0 Å². The molecule has 1 N–H and O–H groups in total. The van der Waals surface area contributed by atoms with E-state index in [0.717, 1.165) is 17.5 Å². The number of carbonyl (C=O) groups excluding carboxylic acids is 2. The Morgan fingerprint density at radius 1 is 1.09 bits per heavy atom. The predicted molar refractivity (Wildman–Crippen MR) is 131 cm³/mol. The third kappa shape index (κ3) is 4.00. The summed E-state index contributed by atoms with van der Waals surface area (Å²) in [5.74, 6) is -0.642. The molecular weight excluding hydrogens is 430 g/mol. The number of rotatable bonds is 5. The maximum absolute atomic E-state index is 13.3. The lowest BCUT2D eigenvalue weighted by Gasteiger charge is -2.24. The molecule has 0 saturated carbocycles. The van der Waals surface area contributed by atoms with E-state index in [1.165, 1.54) is 11.2 Å². The van der Waals surface area contributed by atoms with E-state index in [9.17, 15) is 14.7 Å². The molecule has 6 heteroatoms. The highest BCUT2D eigenvalue weighted by Crippen LogP contribution is 2.43. The third-order valence-corrected chi connectivity index (χ3v) is 6.16. The molecule has 1 aliphatic heterocycles. The fourth-order valence-electron chi connectivity index (χ4n) is 4.30. The van der Waals surface area contributed by atoms with Gasteiger partial charge in [0.05, 0.1) is 18.9 Å². The van der Waals surface area contributed by atoms with E-state index in [-0.39, 0.29) is 16.7 Å². The fourth-order valence-corrected chi connectivity index (χ4v) is 4.30. The SMILES string of the molecule is CCc1ccc(N2C(=O)C(=O)/C(=C(\O)c3ccc(OC)c(C(C)(C)C)c3)C2c2ccco2)cc1. The molecule has 1 aliphatic rings. The number of hydrogen-bond acceptors (Lipinski definition) is 5. The number of aliphatic hydroxyl groups is 1. The van der Waals surface area contributed by atoms with Gasteiger partial charge in [-0.2, -0.15) is 0 Å². The molecule has 0 aliphatic carbocycles. The van der Waals surface area contributed by atoms with Crippen LogP contribution in [0.4, 0.5) is 5.69 Å². The highest BCUT2D eigenvalue weighted by atomic mass is 16.5. The van der Waals surface area contributed by atoms with Gasteiger partial charge < -0.3 is 14.3 Å². The molecule has 176 valence electrons. The normalized spacial score (nSPS) is 17.9. The monoisotopic (exact) mass is 459 g/mol. The number of furan rings is 1. The molecule has 0 spiro atoms. The van der Waals surface area contributed by atoms with E-state index < -0.39 is 17.7 Å². The van der Waals surface area contributed by atoms with Crippen molar-refractivity contribution in [2.24, 2.45) is 0 Å². The van der Waals surface area contributed by atoms with Crippen LogP contribution in [-0.4, -0.2) is 23.9 Å². The van der Waals surface area contributed by atoms with Gasteiger partial charge in [-0.1, -0.05) is 39.8 Å². The minimum atomic E-state index is -0.886. The van der Waals surface area contributed by atoms with Crippen LogP contribution in [0.1, 0.15) is 56.2 Å². The first-order valence-corrected chi connectivity index (χ1v) is 11.3. The number of amides is 1. The second kappa shape index (κ2) is 8.86. The van der Waals surface area contributed by atoms with Gasteiger partial charge in [0.15, 0.2) is 0 Å². The van der Waals surface area contributed by atoms with Crippen LogP contribution in [0, 0.1) is 0 Å². The summed E-state index contributed by atoms with van der Waals surface area (Å²) in [5, 5.41) is 11.4. The van der Waals surface area contributed by atoms with Gasteiger partial charge >= 0.3 is 0 Å². The van der Waals surface area contributed by atoms with Gasteiger partial charge in [-0.25, -0.2) is 0 Å². The van der Waals surface area contributed by atoms with Crippen LogP contribution >= 0.6 is 0 Å². The van der Waals surface area contributed by atoms with Crippen molar-refractivity contribution in [2.45, 2.75) is 45.6 Å². The number of carbonyl (C=O) groups is 2. The fraction of sp³-hybridized carbons (Fsp3) is 0.286. The Balaban J connectivity index is 1.90. The number of ketones is 1. The van der Waals surface area contributed by atoms with Crippen LogP contribution in [0.3, 0.4) is 0 Å². The van der Waals surface area contributed by atoms with Crippen molar-refractivity contribution in [2.75, 3.05) is 12.0 Å². The zero-order chi connectivity index (χ0) is 24.6. The molecule has 0 radical (unpaired) electrons. The lowest BCUT2D eigenvalue weighted by atomic mass is 9.84. The highest BCUT2D eigenvalue weighted by Gasteiger charge is 2.48. The molecule has 1 saturated heterocycles. The van der Waals surface area contributed by atoms with Gasteiger partial charge in [-0.05, 0) is 59.9 Å². The number of hydrogen-bond donors (Lipinski definition) is 1. The quantitative estimate of drug-likeness (QED) is 0.297. The Bertz CT molecular complexity index is 1250. The van der Waals surface area contributed by atoms with Crippen molar-refractivity contribution in [3.05, 3.63) is 88.9 Å². The van der Waals surface area contributed by atoms with E-state index in [1.54, 1.807) is 37.4 Å². The van der Waals surface area contributed by atoms with Crippen LogP contribution in [0.2, 0.25) is 0 Å². The lowest BCUT2D eigenvalue weighted by Crippen LogP contribution is -2.29. The Hall–Kier alpha value is -3.80. The summed E-state index contributed by atoms with van der Waals surface area (Å²) in [4.78, 5) is 27.9. The molecule has 6 nitrogen and oxygen atoms in total. The minimum absolute atomic E-state index is 0.00968. The van der Waals surface area contributed by atoms with Crippen LogP contribution in [0.5, 0.6) is 5.75 Å². The third-order valence-electron chi connectivity index (χ3n) is 6.16. The number of methoxy groups -OCH3 is 1. The first-order chi connectivity index (χ1) is 16.2. The molecular formula is C28H29NO5. The molecule has 2 aromatic carbocycles. The zero-order valence-electron chi connectivity index (χ0n) is 20.1. The molecule has 34 heavy (non-hydrogen) atoms. The Kier molecular flexibility index (Phi) is 6.09. The number of nitrogens with zero attached hydrogens (tertiary/aromatic N) is 1. The lowest BCUT2D eigenvalue weighted by molar-refractivity contribution is -0.132. The van der Waals surface area contributed by atoms with E-state index in [4.69, 9.17) is 9.15 Å². The van der Waals surface area contributed by atoms with Gasteiger partial charge in [0.1, 0.15) is 23.3 Å². The summed E-state index contributed by atoms with van der Waals surface area (Å²) in [6.45, 7) is 8.16. The first kappa shape index (κ1) is 23.4. The van der Waals surface area contributed by atoms with E-state index in [0.29, 0.717) is 22.8 Å². The molecule has 4 rings (SSSR count). The van der Waals surface area contributed by atoms with Crippen molar-refractivity contribution in [3.8, 4) is 5.75 Å². The molecule has 1 amide bonds. The highest BCUT2D eigenvalue weighted by molar-refractivity contribution is 6.51. The molecule has 1 unspecified atom stereocenters. The number of benzene rings is 2. The smallest absolute Gasteiger partial charge is 0.300 e. The van der Waals surface area contributed by atoms with Crippen LogP contribution in [0.25, 0.3) is 5.76 Å². The molecule has 2 heterocycles. The van der Waals surface area contributed by atoms with E-state index >= 15 is 0 Å². The summed E-state index contributed by atoms with van der Waals surface area (Å²) in [6.07, 6.45) is 2.34. The molecule has 0 bridgehead atoms. The van der Waals surface area contributed by atoms with Crippen molar-refractivity contribution < 1.29 is 23.8 Å². The number of ether oxygens (including phenoxy) is 1. The molecule has 3 aromatic rings. The molecule has 1 fully saturated rings. The maximum atomic E-state index is 13.3. The predicted octanol–water partition coefficient (Wildman–Crippen LogP) is 5.77. The first-order valence-electron chi connectivity index (χ1n) is 11.3. The average Bonchev–Trinajstić information content (AvgIpc) is 3.44. The summed E-state index contributed by atoms with van der Waals surface area (Å²) >= 11 is 0. The maximum Gasteiger partial charge on any atom is 0.300 e. The number of aliphatic hydroxyl groups excluding tert-OH is 1. The van der Waals surface area contributed by atoms with Crippen LogP contribution < -0.4 is 9.64 Å². The van der Waals surface area contributed by atoms with Crippen molar-refractivity contribution in [1.29, 1.82) is 0 Å². The van der Waals surface area contributed by atoms with Gasteiger partial charge in [-0.3, -0.25) is 14.5 Å². The standard InChI is InChI=1S/C28H29NO5/c1-6-17-9-12-19(13-10-17)29-24(22-8-7-15-34-22)23(26(31)27(29)32)25(30)18-11-14-21(33-5)20(16-18)28(2,3)4/h7-16,24,30H,6H2,1-5H3/b25-23-. The van der Waals surface area contributed by atoms with E-state index in [2.05, 4.69) is 0 Å².